The van der Waals surface area contributed by atoms with Crippen LogP contribution in [0.25, 0.3) is 22.0 Å². The summed E-state index contributed by atoms with van der Waals surface area (Å²) >= 11 is 0. The van der Waals surface area contributed by atoms with Gasteiger partial charge in [-0.15, -0.1) is 0 Å². The number of aromatic nitrogens is 1. The molecule has 0 saturated carbocycles. The van der Waals surface area contributed by atoms with Crippen molar-refractivity contribution in [3.63, 3.8) is 0 Å². The molecule has 324 valence electrons. The van der Waals surface area contributed by atoms with Crippen LogP contribution in [0.5, 0.6) is 0 Å². The van der Waals surface area contributed by atoms with Gasteiger partial charge in [-0.3, -0.25) is 9.59 Å². The minimum Gasteiger partial charge on any atom is -0.479 e. The topological polar surface area (TPSA) is 181 Å². The van der Waals surface area contributed by atoms with Gasteiger partial charge in [-0.2, -0.15) is 13.2 Å². The Balaban J connectivity index is 0.000000626. The summed E-state index contributed by atoms with van der Waals surface area (Å²) in [6, 6.07) is 24.7. The van der Waals surface area contributed by atoms with E-state index in [2.05, 4.69) is 4.90 Å². The number of nitrogens with zero attached hydrogens (tertiary/aromatic N) is 3. The number of aliphatic carboxylic acids is 2. The standard InChI is InChI=1S/C40H38F5N3O3.C4H6O6/c41-35-6-3-4-30(39(35)42)14-17-33-24-37(50)34-5-1-2-7-36(34)47(33)26-38(51)48(32-18-20-46(21-19-32)22-23-49)25-27-8-10-28(11-9-27)29-12-15-31(16-13-29)40(43,44)45;5-1(3(7)8)2(6)4(9)10/h1-13,15-16,24,32,49H,14,17-23,25-26H2;1-2,5-6H,(H,7,8)(H,9,10)/t;1-,2-/m.1/s1. The first-order valence-corrected chi connectivity index (χ1v) is 19.2. The molecule has 17 heteroatoms. The van der Waals surface area contributed by atoms with Crippen molar-refractivity contribution in [1.29, 1.82) is 0 Å². The number of β-amino-alcohol motifs (C(OH)–C–C–N with tert-alkyl or cyclic N) is 1. The van der Waals surface area contributed by atoms with Crippen LogP contribution in [-0.4, -0.2) is 102 Å². The van der Waals surface area contributed by atoms with Gasteiger partial charge in [0, 0.05) is 49.4 Å². The molecule has 0 radical (unpaired) electrons. The first-order valence-electron chi connectivity index (χ1n) is 19.2. The number of aryl methyl sites for hydroxylation is 2. The Bertz CT molecular complexity index is 2350. The average molecular weight is 854 g/mol. The second-order valence-corrected chi connectivity index (χ2v) is 14.5. The number of hydrogen-bond donors (Lipinski definition) is 5. The second-order valence-electron chi connectivity index (χ2n) is 14.5. The summed E-state index contributed by atoms with van der Waals surface area (Å²) in [5, 5.41) is 42.4. The van der Waals surface area contributed by atoms with E-state index in [1.807, 2.05) is 29.2 Å². The van der Waals surface area contributed by atoms with Crippen LogP contribution in [-0.2, 0) is 46.5 Å². The Morgan fingerprint density at radius 1 is 0.787 bits per heavy atom. The molecule has 1 aliphatic rings. The molecule has 0 spiro atoms. The largest absolute Gasteiger partial charge is 0.479 e. The fraction of sp³-hybridized carbons (Fsp3) is 0.318. The first-order chi connectivity index (χ1) is 29.0. The summed E-state index contributed by atoms with van der Waals surface area (Å²) < 4.78 is 69.6. The number of carboxylic acid groups (broad SMARTS) is 2. The predicted octanol–water partition coefficient (Wildman–Crippen LogP) is 5.11. The summed E-state index contributed by atoms with van der Waals surface area (Å²) in [5.41, 5.74) is 2.51. The maximum Gasteiger partial charge on any atom is 0.416 e. The third kappa shape index (κ3) is 11.8. The van der Waals surface area contributed by atoms with Gasteiger partial charge in [0.25, 0.3) is 0 Å². The summed E-state index contributed by atoms with van der Waals surface area (Å²) in [6.45, 7) is 2.17. The fourth-order valence-corrected chi connectivity index (χ4v) is 7.14. The van der Waals surface area contributed by atoms with E-state index in [9.17, 15) is 46.2 Å². The van der Waals surface area contributed by atoms with Crippen molar-refractivity contribution < 1.29 is 61.9 Å². The van der Waals surface area contributed by atoms with E-state index in [0.717, 1.165) is 29.3 Å². The number of para-hydroxylation sites is 1. The molecule has 4 aromatic carbocycles. The van der Waals surface area contributed by atoms with E-state index < -0.39 is 47.5 Å². The molecule has 5 aromatic rings. The zero-order chi connectivity index (χ0) is 44.4. The molecule has 2 atom stereocenters. The molecule has 6 rings (SSSR count). The van der Waals surface area contributed by atoms with E-state index in [4.69, 9.17) is 20.4 Å². The second kappa shape index (κ2) is 20.5. The maximum absolute atomic E-state index is 14.6. The van der Waals surface area contributed by atoms with Crippen LogP contribution in [0.15, 0.2) is 102 Å². The number of fused-ring (bicyclic) bond motifs is 1. The number of aliphatic hydroxyl groups excluding tert-OH is 3. The number of amides is 1. The number of aliphatic hydroxyl groups is 3. The number of rotatable bonds is 14. The van der Waals surface area contributed by atoms with Crippen molar-refractivity contribution in [3.05, 3.63) is 141 Å². The van der Waals surface area contributed by atoms with Crippen LogP contribution in [0.3, 0.4) is 0 Å². The normalized spacial score (nSPS) is 14.5. The quantitative estimate of drug-likeness (QED) is 0.0943. The Labute approximate surface area is 346 Å². The molecular weight excluding hydrogens is 809 g/mol. The molecule has 0 bridgehead atoms. The van der Waals surface area contributed by atoms with Gasteiger partial charge < -0.3 is 39.9 Å². The highest BCUT2D eigenvalue weighted by Gasteiger charge is 2.31. The van der Waals surface area contributed by atoms with Crippen molar-refractivity contribution in [2.75, 3.05) is 26.2 Å². The van der Waals surface area contributed by atoms with Crippen LogP contribution in [0.2, 0.25) is 0 Å². The van der Waals surface area contributed by atoms with Gasteiger partial charge in [0.1, 0.15) is 6.54 Å². The van der Waals surface area contributed by atoms with Crippen LogP contribution in [0.1, 0.15) is 35.2 Å². The minimum absolute atomic E-state index is 0.0420. The van der Waals surface area contributed by atoms with Crippen molar-refractivity contribution in [3.8, 4) is 11.1 Å². The Morgan fingerprint density at radius 2 is 1.38 bits per heavy atom. The highest BCUT2D eigenvalue weighted by molar-refractivity contribution is 5.84. The lowest BCUT2D eigenvalue weighted by Gasteiger charge is -2.39. The van der Waals surface area contributed by atoms with Crippen LogP contribution in [0, 0.1) is 11.6 Å². The molecule has 12 nitrogen and oxygen atoms in total. The van der Waals surface area contributed by atoms with Gasteiger partial charge >= 0.3 is 18.1 Å². The molecule has 1 aliphatic heterocycles. The van der Waals surface area contributed by atoms with Crippen molar-refractivity contribution in [1.82, 2.24) is 14.4 Å². The molecule has 2 heterocycles. The highest BCUT2D eigenvalue weighted by Crippen LogP contribution is 2.31. The highest BCUT2D eigenvalue weighted by atomic mass is 19.4. The van der Waals surface area contributed by atoms with E-state index >= 15 is 0 Å². The van der Waals surface area contributed by atoms with Gasteiger partial charge in [-0.25, -0.2) is 18.4 Å². The molecule has 1 saturated heterocycles. The molecular formula is C44H44F5N3O9. The third-order valence-electron chi connectivity index (χ3n) is 10.5. The molecule has 1 fully saturated rings. The van der Waals surface area contributed by atoms with Gasteiger partial charge in [-0.1, -0.05) is 60.7 Å². The van der Waals surface area contributed by atoms with Gasteiger partial charge in [-0.05, 0) is 78.3 Å². The fourth-order valence-electron chi connectivity index (χ4n) is 7.14. The molecule has 1 aromatic heterocycles. The summed E-state index contributed by atoms with van der Waals surface area (Å²) in [5.74, 6) is -5.61. The van der Waals surface area contributed by atoms with E-state index in [1.54, 1.807) is 28.8 Å². The Hall–Kier alpha value is -6.01. The Morgan fingerprint density at radius 3 is 1.95 bits per heavy atom. The van der Waals surface area contributed by atoms with E-state index in [-0.39, 0.29) is 55.5 Å². The minimum atomic E-state index is -4.42. The average Bonchev–Trinajstić information content (AvgIpc) is 3.24. The van der Waals surface area contributed by atoms with Crippen molar-refractivity contribution >= 4 is 28.7 Å². The van der Waals surface area contributed by atoms with Crippen molar-refractivity contribution in [2.24, 2.45) is 0 Å². The number of alkyl halides is 3. The third-order valence-corrected chi connectivity index (χ3v) is 10.5. The van der Waals surface area contributed by atoms with Gasteiger partial charge in [0.2, 0.25) is 5.91 Å². The van der Waals surface area contributed by atoms with Crippen LogP contribution < -0.4 is 5.43 Å². The molecule has 61 heavy (non-hydrogen) atoms. The first kappa shape index (κ1) is 46.1. The molecule has 0 unspecified atom stereocenters. The molecule has 0 aliphatic carbocycles. The zero-order valence-electron chi connectivity index (χ0n) is 32.6. The predicted molar refractivity (Wildman–Crippen MR) is 213 cm³/mol. The monoisotopic (exact) mass is 853 g/mol. The van der Waals surface area contributed by atoms with Crippen LogP contribution >= 0.6 is 0 Å². The van der Waals surface area contributed by atoms with Gasteiger partial charge in [0.05, 0.1) is 17.7 Å². The molecule has 1 amide bonds. The lowest BCUT2D eigenvalue weighted by Crippen LogP contribution is -2.48. The number of halogens is 5. The van der Waals surface area contributed by atoms with E-state index in [1.165, 1.54) is 30.3 Å². The smallest absolute Gasteiger partial charge is 0.416 e. The Kier molecular flexibility index (Phi) is 15.5. The number of piperidine rings is 1. The number of carbonyl (C=O) groups excluding carboxylic acids is 1. The van der Waals surface area contributed by atoms with E-state index in [0.29, 0.717) is 54.6 Å². The molecule has 5 N–H and O–H groups in total. The zero-order valence-corrected chi connectivity index (χ0v) is 32.6. The number of likely N-dealkylation sites (tertiary alicyclic amines) is 1. The van der Waals surface area contributed by atoms with Crippen LogP contribution in [0.4, 0.5) is 22.0 Å². The summed E-state index contributed by atoms with van der Waals surface area (Å²) in [7, 11) is 0. The maximum atomic E-state index is 14.6. The number of carbonyl (C=O) groups is 3. The number of pyridine rings is 1. The number of carboxylic acids is 2. The lowest BCUT2D eigenvalue weighted by molar-refractivity contribution is -0.165. The number of hydrogen-bond acceptors (Lipinski definition) is 8. The van der Waals surface area contributed by atoms with Gasteiger partial charge in [0.15, 0.2) is 29.3 Å². The number of benzene rings is 4. The summed E-state index contributed by atoms with van der Waals surface area (Å²) in [4.78, 5) is 51.1. The van der Waals surface area contributed by atoms with Crippen molar-refractivity contribution in [2.45, 2.75) is 63.2 Å². The lowest BCUT2D eigenvalue weighted by atomic mass is 10.00. The summed E-state index contributed by atoms with van der Waals surface area (Å²) in [6.07, 6.45) is -7.27. The SMILES string of the molecule is O=C(Cn1c(CCc2cccc(F)c2F)cc(=O)c2ccccc21)N(Cc1ccc(-c2ccc(C(F)(F)F)cc2)cc1)C1CCN(CCO)CC1.O=C(O)[C@H](O)[C@@H](O)C(=O)O.